The average Bonchev–Trinajstić information content (AvgIpc) is 3.29. The fraction of sp³-hybridized carbons (Fsp3) is 0. The Kier molecular flexibility index (Phi) is 4.86. The van der Waals surface area contributed by atoms with E-state index in [0.717, 1.165) is 5.69 Å². The number of imidazole rings is 1. The third-order valence-corrected chi connectivity index (χ3v) is 4.32. The fourth-order valence-corrected chi connectivity index (χ4v) is 2.87. The lowest BCUT2D eigenvalue weighted by Gasteiger charge is -2.09. The number of benzene rings is 3. The van der Waals surface area contributed by atoms with Crippen LogP contribution >= 0.6 is 0 Å². The first kappa shape index (κ1) is 18.1. The molecule has 4 rings (SSSR count). The second-order valence-corrected chi connectivity index (χ2v) is 6.20. The molecule has 3 aromatic carbocycles. The maximum atomic E-state index is 12.6. The van der Waals surface area contributed by atoms with Gasteiger partial charge in [0.05, 0.1) is 11.3 Å². The summed E-state index contributed by atoms with van der Waals surface area (Å²) in [4.78, 5) is 27.5. The molecule has 0 N–H and O–H groups in total. The van der Waals surface area contributed by atoms with Crippen molar-refractivity contribution in [2.24, 2.45) is 0 Å². The molecule has 0 aliphatic rings. The molecule has 0 unspecified atom stereocenters. The highest BCUT2D eigenvalue weighted by Gasteiger charge is 2.20. The van der Waals surface area contributed by atoms with Crippen molar-refractivity contribution in [3.05, 3.63) is 113 Å². The van der Waals surface area contributed by atoms with Crippen LogP contribution in [0.15, 0.2) is 91.5 Å². The van der Waals surface area contributed by atoms with Crippen LogP contribution in [0.3, 0.4) is 0 Å². The molecule has 0 saturated carbocycles. The highest BCUT2D eigenvalue weighted by Crippen LogP contribution is 2.33. The molecule has 0 fully saturated rings. The normalized spacial score (nSPS) is 10.5. The number of nitro benzene ring substituents is 1. The molecule has 1 heterocycles. The first-order chi connectivity index (χ1) is 14.1. The number of ketones is 1. The highest BCUT2D eigenvalue weighted by atomic mass is 16.6. The summed E-state index contributed by atoms with van der Waals surface area (Å²) < 4.78 is 7.54. The van der Waals surface area contributed by atoms with Crippen molar-refractivity contribution in [3.8, 4) is 17.2 Å². The average molecular weight is 385 g/mol. The SMILES string of the molecule is O=C(c1ccccc1)c1ccc(Oc2ccc(-n3ccnc3)cc2)c([N+](=O)[O-])c1. The van der Waals surface area contributed by atoms with Crippen LogP contribution in [-0.4, -0.2) is 20.3 Å². The van der Waals surface area contributed by atoms with E-state index in [9.17, 15) is 14.9 Å². The topological polar surface area (TPSA) is 87.3 Å². The molecular weight excluding hydrogens is 370 g/mol. The van der Waals surface area contributed by atoms with Gasteiger partial charge in [0, 0.05) is 35.3 Å². The van der Waals surface area contributed by atoms with Gasteiger partial charge in [-0.2, -0.15) is 0 Å². The van der Waals surface area contributed by atoms with E-state index in [1.807, 2.05) is 22.9 Å². The van der Waals surface area contributed by atoms with E-state index in [0.29, 0.717) is 11.3 Å². The molecule has 0 spiro atoms. The molecule has 0 amide bonds. The van der Waals surface area contributed by atoms with Crippen molar-refractivity contribution in [1.82, 2.24) is 9.55 Å². The molecule has 0 aliphatic carbocycles. The third-order valence-electron chi connectivity index (χ3n) is 4.32. The monoisotopic (exact) mass is 385 g/mol. The molecule has 0 bridgehead atoms. The number of aromatic nitrogens is 2. The molecule has 1 aromatic heterocycles. The lowest BCUT2D eigenvalue weighted by atomic mass is 10.0. The van der Waals surface area contributed by atoms with Crippen molar-refractivity contribution in [1.29, 1.82) is 0 Å². The number of carbonyl (C=O) groups excluding carboxylic acids is 1. The van der Waals surface area contributed by atoms with E-state index >= 15 is 0 Å². The fourth-order valence-electron chi connectivity index (χ4n) is 2.87. The number of ether oxygens (including phenoxy) is 1. The summed E-state index contributed by atoms with van der Waals surface area (Å²) in [5.74, 6) is 0.221. The zero-order valence-electron chi connectivity index (χ0n) is 15.1. The van der Waals surface area contributed by atoms with Gasteiger partial charge in [-0.15, -0.1) is 0 Å². The molecule has 0 aliphatic heterocycles. The Morgan fingerprint density at radius 3 is 2.38 bits per heavy atom. The Bertz CT molecular complexity index is 1150. The second-order valence-electron chi connectivity index (χ2n) is 6.20. The minimum absolute atomic E-state index is 0.0648. The Balaban J connectivity index is 1.60. The van der Waals surface area contributed by atoms with Gasteiger partial charge in [0.1, 0.15) is 5.75 Å². The molecule has 0 saturated heterocycles. The molecular formula is C22H15N3O4. The largest absolute Gasteiger partial charge is 0.450 e. The maximum absolute atomic E-state index is 12.6. The summed E-state index contributed by atoms with van der Waals surface area (Å²) in [6.07, 6.45) is 5.15. The van der Waals surface area contributed by atoms with Crippen LogP contribution in [0.25, 0.3) is 5.69 Å². The van der Waals surface area contributed by atoms with Crippen LogP contribution in [0, 0.1) is 10.1 Å². The molecule has 142 valence electrons. The lowest BCUT2D eigenvalue weighted by molar-refractivity contribution is -0.385. The molecule has 7 heteroatoms. The van der Waals surface area contributed by atoms with E-state index in [1.165, 1.54) is 18.2 Å². The summed E-state index contributed by atoms with van der Waals surface area (Å²) in [5, 5.41) is 11.5. The summed E-state index contributed by atoms with van der Waals surface area (Å²) in [6.45, 7) is 0. The van der Waals surface area contributed by atoms with Crippen molar-refractivity contribution in [3.63, 3.8) is 0 Å². The van der Waals surface area contributed by atoms with E-state index < -0.39 is 4.92 Å². The number of nitrogens with zero attached hydrogens (tertiary/aromatic N) is 3. The van der Waals surface area contributed by atoms with Crippen LogP contribution in [0.2, 0.25) is 0 Å². The Morgan fingerprint density at radius 2 is 1.72 bits per heavy atom. The molecule has 4 aromatic rings. The molecule has 7 nitrogen and oxygen atoms in total. The summed E-state index contributed by atoms with van der Waals surface area (Å²) >= 11 is 0. The van der Waals surface area contributed by atoms with Crippen LogP contribution in [0.5, 0.6) is 11.5 Å². The van der Waals surface area contributed by atoms with Crippen LogP contribution in [0.4, 0.5) is 5.69 Å². The Labute approximate surface area is 166 Å². The van der Waals surface area contributed by atoms with Gasteiger partial charge in [-0.05, 0) is 36.4 Å². The highest BCUT2D eigenvalue weighted by molar-refractivity contribution is 6.09. The van der Waals surface area contributed by atoms with Gasteiger partial charge in [0.25, 0.3) is 0 Å². The number of hydrogen-bond acceptors (Lipinski definition) is 5. The Morgan fingerprint density at radius 1 is 0.966 bits per heavy atom. The van der Waals surface area contributed by atoms with E-state index in [-0.39, 0.29) is 22.8 Å². The van der Waals surface area contributed by atoms with Gasteiger partial charge in [-0.1, -0.05) is 30.3 Å². The summed E-state index contributed by atoms with van der Waals surface area (Å²) in [5.41, 5.74) is 1.30. The van der Waals surface area contributed by atoms with E-state index in [2.05, 4.69) is 4.98 Å². The molecule has 29 heavy (non-hydrogen) atoms. The van der Waals surface area contributed by atoms with E-state index in [1.54, 1.807) is 55.0 Å². The summed E-state index contributed by atoms with van der Waals surface area (Å²) in [6, 6.07) is 19.9. The first-order valence-corrected chi connectivity index (χ1v) is 8.76. The van der Waals surface area contributed by atoms with Gasteiger partial charge < -0.3 is 9.30 Å². The van der Waals surface area contributed by atoms with Gasteiger partial charge in [-0.25, -0.2) is 4.98 Å². The van der Waals surface area contributed by atoms with Crippen LogP contribution in [-0.2, 0) is 0 Å². The molecule has 0 radical (unpaired) electrons. The van der Waals surface area contributed by atoms with Crippen LogP contribution < -0.4 is 4.74 Å². The number of hydrogen-bond donors (Lipinski definition) is 0. The van der Waals surface area contributed by atoms with Crippen molar-refractivity contribution in [2.45, 2.75) is 0 Å². The minimum Gasteiger partial charge on any atom is -0.450 e. The van der Waals surface area contributed by atoms with Gasteiger partial charge >= 0.3 is 5.69 Å². The van der Waals surface area contributed by atoms with Gasteiger partial charge in [0.2, 0.25) is 5.75 Å². The Hall–Kier alpha value is -4.26. The summed E-state index contributed by atoms with van der Waals surface area (Å²) in [7, 11) is 0. The zero-order valence-corrected chi connectivity index (χ0v) is 15.1. The van der Waals surface area contributed by atoms with Crippen molar-refractivity contribution >= 4 is 11.5 Å². The van der Waals surface area contributed by atoms with Crippen molar-refractivity contribution in [2.75, 3.05) is 0 Å². The molecule has 0 atom stereocenters. The van der Waals surface area contributed by atoms with Gasteiger partial charge in [0.15, 0.2) is 5.78 Å². The number of nitro groups is 1. The first-order valence-electron chi connectivity index (χ1n) is 8.76. The maximum Gasteiger partial charge on any atom is 0.312 e. The predicted octanol–water partition coefficient (Wildman–Crippen LogP) is 4.80. The lowest BCUT2D eigenvalue weighted by Crippen LogP contribution is -2.03. The predicted molar refractivity (Wildman–Crippen MR) is 107 cm³/mol. The zero-order chi connectivity index (χ0) is 20.2. The number of rotatable bonds is 6. The second kappa shape index (κ2) is 7.77. The van der Waals surface area contributed by atoms with E-state index in [4.69, 9.17) is 4.74 Å². The minimum atomic E-state index is -0.559. The van der Waals surface area contributed by atoms with Crippen molar-refractivity contribution < 1.29 is 14.5 Å². The van der Waals surface area contributed by atoms with Gasteiger partial charge in [-0.3, -0.25) is 14.9 Å². The smallest absolute Gasteiger partial charge is 0.312 e. The quantitative estimate of drug-likeness (QED) is 0.270. The number of carbonyl (C=O) groups is 1. The van der Waals surface area contributed by atoms with Crippen LogP contribution in [0.1, 0.15) is 15.9 Å². The standard InChI is InChI=1S/C22H15N3O4/c26-22(16-4-2-1-3-5-16)17-6-11-21(20(14-17)25(27)28)29-19-9-7-18(8-10-19)24-13-12-23-15-24/h1-15H. The third kappa shape index (κ3) is 3.89.